The van der Waals surface area contributed by atoms with Crippen LogP contribution >= 0.6 is 0 Å². The molecular weight excluding hydrogens is 354 g/mol. The van der Waals surface area contributed by atoms with Crippen LogP contribution in [0.3, 0.4) is 0 Å². The fourth-order valence-electron chi connectivity index (χ4n) is 2.25. The van der Waals surface area contributed by atoms with Gasteiger partial charge in [0.25, 0.3) is 0 Å². The predicted molar refractivity (Wildman–Crippen MR) is 120 cm³/mol. The van der Waals surface area contributed by atoms with Gasteiger partial charge in [0.05, 0.1) is 4.90 Å². The van der Waals surface area contributed by atoms with Crippen LogP contribution in [-0.4, -0.2) is 8.42 Å². The largest absolute Gasteiger partial charge is 0.238 e. The molecule has 0 bridgehead atoms. The topological polar surface area (TPSA) is 60.2 Å². The molecule has 0 spiro atoms. The lowest BCUT2D eigenvalue weighted by atomic mass is 9.86. The molecule has 0 aliphatic carbocycles. The predicted octanol–water partition coefficient (Wildman–Crippen LogP) is 6.20. The number of sulfonamides is 1. The van der Waals surface area contributed by atoms with E-state index in [9.17, 15) is 8.42 Å². The summed E-state index contributed by atoms with van der Waals surface area (Å²) < 4.78 is 22.2. The van der Waals surface area contributed by atoms with Crippen LogP contribution in [0.15, 0.2) is 53.4 Å². The monoisotopic (exact) mass is 393 g/mol. The summed E-state index contributed by atoms with van der Waals surface area (Å²) in [5.41, 5.74) is 3.94. The molecule has 0 saturated heterocycles. The Morgan fingerprint density at radius 1 is 0.741 bits per heavy atom. The van der Waals surface area contributed by atoms with Crippen molar-refractivity contribution in [1.82, 2.24) is 0 Å². The summed E-state index contributed by atoms with van der Waals surface area (Å²) in [6.45, 7) is 14.9. The maximum atomic E-state index is 11.1. The molecule has 2 N–H and O–H groups in total. The molecule has 0 heterocycles. The molecule has 0 fully saturated rings. The molecule has 4 heteroatoms. The van der Waals surface area contributed by atoms with Gasteiger partial charge in [-0.05, 0) is 41.0 Å². The van der Waals surface area contributed by atoms with Gasteiger partial charge in [-0.2, -0.15) is 0 Å². The third kappa shape index (κ3) is 9.21. The van der Waals surface area contributed by atoms with Crippen LogP contribution in [-0.2, 0) is 20.9 Å². The Hall–Kier alpha value is -1.65. The Morgan fingerprint density at radius 3 is 1.48 bits per heavy atom. The molecule has 27 heavy (non-hydrogen) atoms. The normalized spacial score (nSPS) is 11.4. The second-order valence-corrected chi connectivity index (χ2v) is 10.0. The van der Waals surface area contributed by atoms with Gasteiger partial charge in [0.1, 0.15) is 0 Å². The molecule has 0 saturated carbocycles. The van der Waals surface area contributed by atoms with Gasteiger partial charge in [0, 0.05) is 0 Å². The zero-order chi connectivity index (χ0) is 19.5. The van der Waals surface area contributed by atoms with E-state index in [1.807, 2.05) is 26.8 Å². The van der Waals surface area contributed by atoms with E-state index < -0.39 is 10.0 Å². The number of aryl methyl sites for hydroxylation is 1. The van der Waals surface area contributed by atoms with Crippen molar-refractivity contribution in [1.29, 1.82) is 0 Å². The van der Waals surface area contributed by atoms with Crippen LogP contribution in [0.2, 0.25) is 0 Å². The zero-order valence-electron chi connectivity index (χ0n) is 16.4. The molecule has 0 unspecified atom stereocenters. The first-order chi connectivity index (χ1) is 11.2. The van der Waals surface area contributed by atoms with Crippen LogP contribution in [0.1, 0.15) is 73.1 Å². The van der Waals surface area contributed by atoms with Gasteiger partial charge < -0.3 is 0 Å². The van der Waals surface area contributed by atoms with E-state index in [0.29, 0.717) is 0 Å². The highest BCUT2D eigenvalue weighted by Crippen LogP contribution is 2.24. The number of hydrogen-bond donors (Lipinski definition) is 1. The van der Waals surface area contributed by atoms with Gasteiger partial charge in [-0.3, -0.25) is 0 Å². The molecule has 2 aromatic carbocycles. The minimum atomic E-state index is -3.59. The molecule has 3 nitrogen and oxygen atoms in total. The number of rotatable bonds is 1. The highest BCUT2D eigenvalue weighted by atomic mass is 32.2. The van der Waals surface area contributed by atoms with Crippen molar-refractivity contribution in [2.45, 2.75) is 79.0 Å². The Kier molecular flexibility index (Phi) is 10.3. The lowest BCUT2D eigenvalue weighted by molar-refractivity contribution is 0.584. The smallest absolute Gasteiger partial charge is 0.225 e. The summed E-state index contributed by atoms with van der Waals surface area (Å²) >= 11 is 0. The minimum Gasteiger partial charge on any atom is -0.225 e. The number of primary sulfonamides is 1. The Balaban J connectivity index is 0. The SMILES string of the molecule is C.C.CC(C)(C)c1cccc(S(N)(=O)=O)c1.Cc1cccc(C(C)(C)C)c1. The van der Waals surface area contributed by atoms with Crippen LogP contribution in [0.4, 0.5) is 0 Å². The minimum absolute atomic E-state index is 0. The number of benzene rings is 2. The molecule has 0 aromatic heterocycles. The molecule has 2 rings (SSSR count). The van der Waals surface area contributed by atoms with Crippen molar-refractivity contribution in [2.75, 3.05) is 0 Å². The second-order valence-electron chi connectivity index (χ2n) is 8.44. The fourth-order valence-corrected chi connectivity index (χ4v) is 2.81. The van der Waals surface area contributed by atoms with E-state index >= 15 is 0 Å². The lowest BCUT2D eigenvalue weighted by Crippen LogP contribution is -2.15. The maximum absolute atomic E-state index is 11.1. The van der Waals surface area contributed by atoms with Crippen molar-refractivity contribution < 1.29 is 8.42 Å². The maximum Gasteiger partial charge on any atom is 0.238 e. The van der Waals surface area contributed by atoms with E-state index in [4.69, 9.17) is 5.14 Å². The van der Waals surface area contributed by atoms with Crippen LogP contribution in [0, 0.1) is 6.92 Å². The second kappa shape index (κ2) is 10.0. The number of nitrogens with two attached hydrogens (primary N) is 1. The Labute approximate surface area is 168 Å². The highest BCUT2D eigenvalue weighted by molar-refractivity contribution is 7.89. The van der Waals surface area contributed by atoms with Crippen LogP contribution < -0.4 is 5.14 Å². The van der Waals surface area contributed by atoms with E-state index in [2.05, 4.69) is 52.0 Å². The Bertz CT molecular complexity index is 811. The lowest BCUT2D eigenvalue weighted by Gasteiger charge is -2.19. The first-order valence-corrected chi connectivity index (χ1v) is 9.96. The molecule has 0 radical (unpaired) electrons. The molecule has 0 aliphatic rings. The first-order valence-electron chi connectivity index (χ1n) is 8.42. The van der Waals surface area contributed by atoms with Crippen molar-refractivity contribution in [2.24, 2.45) is 5.14 Å². The van der Waals surface area contributed by atoms with Crippen molar-refractivity contribution >= 4 is 10.0 Å². The summed E-state index contributed by atoms with van der Waals surface area (Å²) in [6.07, 6.45) is 0. The van der Waals surface area contributed by atoms with Crippen molar-refractivity contribution in [3.63, 3.8) is 0 Å². The molecule has 0 aliphatic heterocycles. The summed E-state index contributed by atoms with van der Waals surface area (Å²) in [5, 5.41) is 5.04. The number of hydrogen-bond acceptors (Lipinski definition) is 2. The van der Waals surface area contributed by atoms with Gasteiger partial charge in [-0.1, -0.05) is 98.4 Å². The zero-order valence-corrected chi connectivity index (χ0v) is 17.2. The molecule has 2 aromatic rings. The summed E-state index contributed by atoms with van der Waals surface area (Å²) in [7, 11) is -3.59. The van der Waals surface area contributed by atoms with Crippen molar-refractivity contribution in [3.05, 3.63) is 65.2 Å². The van der Waals surface area contributed by atoms with Crippen molar-refractivity contribution in [3.8, 4) is 0 Å². The molecule has 154 valence electrons. The molecular formula is C23H39NO2S. The van der Waals surface area contributed by atoms with Crippen LogP contribution in [0.5, 0.6) is 0 Å². The quantitative estimate of drug-likeness (QED) is 0.627. The van der Waals surface area contributed by atoms with Gasteiger partial charge in [-0.15, -0.1) is 0 Å². The fraction of sp³-hybridized carbons (Fsp3) is 0.478. The van der Waals surface area contributed by atoms with Gasteiger partial charge in [0.2, 0.25) is 10.0 Å². The summed E-state index contributed by atoms with van der Waals surface area (Å²) in [5.74, 6) is 0. The third-order valence-corrected chi connectivity index (χ3v) is 4.82. The van der Waals surface area contributed by atoms with Gasteiger partial charge in [0.15, 0.2) is 0 Å². The average molecular weight is 394 g/mol. The van der Waals surface area contributed by atoms with Gasteiger partial charge in [-0.25, -0.2) is 13.6 Å². The summed E-state index contributed by atoms with van der Waals surface area (Å²) in [4.78, 5) is 0.171. The highest BCUT2D eigenvalue weighted by Gasteiger charge is 2.16. The van der Waals surface area contributed by atoms with Gasteiger partial charge >= 0.3 is 0 Å². The third-order valence-electron chi connectivity index (χ3n) is 3.91. The van der Waals surface area contributed by atoms with E-state index in [1.54, 1.807) is 12.1 Å². The molecule has 0 atom stereocenters. The standard InChI is InChI=1S/C11H16.C10H15NO2S.2CH4/c1-9-6-5-7-10(8-9)11(2,3)4;1-10(2,3)8-5-4-6-9(7-8)14(11,12)13;;/h5-8H,1-4H3;4-7H,1-3H3,(H2,11,12,13);2*1H4. The Morgan fingerprint density at radius 2 is 1.15 bits per heavy atom. The average Bonchev–Trinajstić information content (AvgIpc) is 2.45. The van der Waals surface area contributed by atoms with E-state index in [-0.39, 0.29) is 30.6 Å². The first kappa shape index (κ1) is 27.6. The summed E-state index contributed by atoms with van der Waals surface area (Å²) in [6, 6.07) is 15.4. The van der Waals surface area contributed by atoms with E-state index in [0.717, 1.165) is 5.56 Å². The van der Waals surface area contributed by atoms with E-state index in [1.165, 1.54) is 17.2 Å². The molecule has 0 amide bonds. The van der Waals surface area contributed by atoms with Crippen LogP contribution in [0.25, 0.3) is 0 Å².